The summed E-state index contributed by atoms with van der Waals surface area (Å²) in [6.07, 6.45) is 9.01. The van der Waals surface area contributed by atoms with Crippen LogP contribution in [-0.2, 0) is 0 Å². The predicted octanol–water partition coefficient (Wildman–Crippen LogP) is 2.48. The highest BCUT2D eigenvalue weighted by atomic mass is 19.2. The molecule has 0 amide bonds. The van der Waals surface area contributed by atoms with Gasteiger partial charge in [0.05, 0.1) is 6.10 Å². The Morgan fingerprint density at radius 2 is 1.42 bits per heavy atom. The van der Waals surface area contributed by atoms with Crippen LogP contribution in [0.2, 0.25) is 0 Å². The van der Waals surface area contributed by atoms with E-state index < -0.39 is 0 Å². The van der Waals surface area contributed by atoms with E-state index in [0.717, 1.165) is 25.9 Å². The summed E-state index contributed by atoms with van der Waals surface area (Å²) in [5.41, 5.74) is 0. The summed E-state index contributed by atoms with van der Waals surface area (Å²) >= 11 is 0. The van der Waals surface area contributed by atoms with Gasteiger partial charge in [-0.15, -0.1) is 4.48 Å². The van der Waals surface area contributed by atoms with Gasteiger partial charge in [0.25, 0.3) is 0 Å². The van der Waals surface area contributed by atoms with E-state index in [1.54, 1.807) is 0 Å². The minimum atomic E-state index is -0.00367. The molecule has 0 spiro atoms. The average molecular weight is 277 g/mol. The van der Waals surface area contributed by atoms with Crippen molar-refractivity contribution >= 4 is 0 Å². The van der Waals surface area contributed by atoms with Crippen molar-refractivity contribution < 1.29 is 9.59 Å². The molecule has 0 aromatic heterocycles. The topological polar surface area (TPSA) is 52.7 Å². The second-order valence-corrected chi connectivity index (χ2v) is 5.26. The van der Waals surface area contributed by atoms with Gasteiger partial charge in [0.15, 0.2) is 0 Å². The largest absolute Gasteiger partial charge is 0.393 e. The maximum absolute atomic E-state index is 10.6. The van der Waals surface area contributed by atoms with Gasteiger partial charge in [-0.25, -0.2) is 5.84 Å². The fourth-order valence-corrected chi connectivity index (χ4v) is 2.68. The van der Waals surface area contributed by atoms with E-state index in [-0.39, 0.29) is 11.3 Å². The molecular formula is C14H32FN3O. The van der Waals surface area contributed by atoms with Crippen LogP contribution in [0, 0.1) is 0 Å². The zero-order valence-corrected chi connectivity index (χ0v) is 13.0. The van der Waals surface area contributed by atoms with E-state index in [9.17, 15) is 9.59 Å². The van der Waals surface area contributed by atoms with Gasteiger partial charge >= 0.3 is 0 Å². The molecule has 0 aliphatic heterocycles. The van der Waals surface area contributed by atoms with Gasteiger partial charge in [-0.1, -0.05) is 38.3 Å². The molecule has 3 N–H and O–H groups in total. The first kappa shape index (κ1) is 18.8. The van der Waals surface area contributed by atoms with Crippen LogP contribution >= 0.6 is 0 Å². The predicted molar refractivity (Wildman–Crippen MR) is 78.1 cm³/mol. The first-order valence-electron chi connectivity index (χ1n) is 7.55. The van der Waals surface area contributed by atoms with E-state index in [4.69, 9.17) is 0 Å². The second kappa shape index (κ2) is 10.5. The normalized spacial score (nSPS) is 27.0. The van der Waals surface area contributed by atoms with Gasteiger partial charge in [0, 0.05) is 19.1 Å². The summed E-state index contributed by atoms with van der Waals surface area (Å²) in [4.78, 5) is 2.52. The summed E-state index contributed by atoms with van der Waals surface area (Å²) in [5.74, 6) is 4.28. The molecule has 0 heterocycles. The van der Waals surface area contributed by atoms with Crippen LogP contribution in [0.3, 0.4) is 0 Å². The smallest absolute Gasteiger partial charge is 0.0570 e. The third-order valence-electron chi connectivity index (χ3n) is 3.81. The highest BCUT2D eigenvalue weighted by molar-refractivity contribution is 4.89. The number of rotatable bonds is 2. The van der Waals surface area contributed by atoms with Crippen LogP contribution in [0.1, 0.15) is 58.8 Å². The lowest BCUT2D eigenvalue weighted by atomic mass is 9.85. The molecule has 2 aliphatic carbocycles. The molecule has 116 valence electrons. The van der Waals surface area contributed by atoms with Gasteiger partial charge < -0.3 is 10.0 Å². The molecule has 0 unspecified atom stereocenters. The Kier molecular flexibility index (Phi) is 10.4. The molecule has 0 bridgehead atoms. The molecule has 5 heteroatoms. The van der Waals surface area contributed by atoms with Gasteiger partial charge in [-0.3, -0.25) is 0 Å². The number of hydrogen-bond acceptors (Lipinski definition) is 4. The van der Waals surface area contributed by atoms with E-state index in [1.807, 2.05) is 13.8 Å². The Balaban J connectivity index is 0.000000467. The van der Waals surface area contributed by atoms with Crippen molar-refractivity contribution in [2.24, 2.45) is 5.84 Å². The Hall–Kier alpha value is -0.230. The van der Waals surface area contributed by atoms with Crippen molar-refractivity contribution in [2.45, 2.75) is 77.0 Å². The molecule has 0 atom stereocenters. The van der Waals surface area contributed by atoms with Gasteiger partial charge in [-0.2, -0.15) is 0 Å². The third-order valence-corrected chi connectivity index (χ3v) is 3.81. The number of nitrogens with zero attached hydrogens (tertiary/aromatic N) is 2. The molecular weight excluding hydrogens is 245 g/mol. The number of hydrazine groups is 1. The fourth-order valence-electron chi connectivity index (χ4n) is 2.68. The maximum Gasteiger partial charge on any atom is 0.0570 e. The Bertz CT molecular complexity index is 202. The quantitative estimate of drug-likeness (QED) is 0.462. The van der Waals surface area contributed by atoms with Gasteiger partial charge in [-0.05, 0) is 32.7 Å². The van der Waals surface area contributed by atoms with E-state index in [0.29, 0.717) is 6.04 Å². The van der Waals surface area contributed by atoms with Crippen LogP contribution in [0.25, 0.3) is 0 Å². The van der Waals surface area contributed by atoms with Crippen molar-refractivity contribution in [1.29, 1.82) is 0 Å². The lowest BCUT2D eigenvalue weighted by Crippen LogP contribution is -2.50. The first-order valence-corrected chi connectivity index (χ1v) is 7.55. The molecule has 0 aromatic carbocycles. The molecule has 4 nitrogen and oxygen atoms in total. The van der Waals surface area contributed by atoms with Crippen LogP contribution in [0.15, 0.2) is 0 Å². The number of aliphatic hydroxyl groups excluding tert-OH is 1. The number of hydrogen-bond donors (Lipinski definition) is 2. The lowest BCUT2D eigenvalue weighted by Gasteiger charge is -2.43. The summed E-state index contributed by atoms with van der Waals surface area (Å²) < 4.78 is 10.6. The van der Waals surface area contributed by atoms with E-state index >= 15 is 0 Å². The monoisotopic (exact) mass is 277 g/mol. The van der Waals surface area contributed by atoms with Gasteiger partial charge in [0.1, 0.15) is 0 Å². The lowest BCUT2D eigenvalue weighted by molar-refractivity contribution is -0.0106. The number of halogens is 1. The average Bonchev–Trinajstić information content (AvgIpc) is 2.37. The molecule has 0 radical (unpaired) electrons. The Morgan fingerprint density at radius 3 is 1.79 bits per heavy atom. The number of aliphatic hydroxyl groups is 1. The molecule has 2 rings (SSSR count). The van der Waals surface area contributed by atoms with Crippen molar-refractivity contribution in [3.63, 3.8) is 0 Å². The van der Waals surface area contributed by atoms with Crippen LogP contribution < -0.4 is 5.84 Å². The van der Waals surface area contributed by atoms with Crippen molar-refractivity contribution in [1.82, 2.24) is 10.1 Å². The molecule has 19 heavy (non-hydrogen) atoms. The number of nitrogens with two attached hydrogens (primary N) is 1. The van der Waals surface area contributed by atoms with Crippen molar-refractivity contribution in [3.8, 4) is 0 Å². The van der Waals surface area contributed by atoms with E-state index in [2.05, 4.69) is 17.8 Å². The van der Waals surface area contributed by atoms with Crippen LogP contribution in [0.4, 0.5) is 4.48 Å². The second-order valence-electron chi connectivity index (χ2n) is 5.26. The van der Waals surface area contributed by atoms with Crippen LogP contribution in [-0.4, -0.2) is 47.5 Å². The Morgan fingerprint density at radius 1 is 1.00 bits per heavy atom. The minimum Gasteiger partial charge on any atom is -0.393 e. The van der Waals surface area contributed by atoms with Crippen molar-refractivity contribution in [3.05, 3.63) is 0 Å². The standard InChI is InChI=1S/C11H21NO.C2H6.CH5FN2/c1-12(10-7-11(13)8-10)9-5-3-2-4-6-9;1-2;1-4(2)3/h9-11,13H,2-8H2,1H3;1-2H3;3H2,1H3. The maximum atomic E-state index is 10.6. The molecule has 2 fully saturated rings. The van der Waals surface area contributed by atoms with Crippen LogP contribution in [0.5, 0.6) is 0 Å². The molecule has 0 aromatic rings. The molecule has 2 saturated carbocycles. The van der Waals surface area contributed by atoms with E-state index in [1.165, 1.54) is 32.1 Å². The fraction of sp³-hybridized carbons (Fsp3) is 1.00. The summed E-state index contributed by atoms with van der Waals surface area (Å²) in [5, 5.41) is 9.24. The third kappa shape index (κ3) is 7.82. The minimum absolute atomic E-state index is 0. The highest BCUT2D eigenvalue weighted by Crippen LogP contribution is 2.30. The zero-order valence-electron chi connectivity index (χ0n) is 13.0. The highest BCUT2D eigenvalue weighted by Gasteiger charge is 2.33. The molecule has 2 aliphatic rings. The Labute approximate surface area is 117 Å². The van der Waals surface area contributed by atoms with Gasteiger partial charge in [0.2, 0.25) is 0 Å². The summed E-state index contributed by atoms with van der Waals surface area (Å²) in [6, 6.07) is 1.49. The zero-order chi connectivity index (χ0) is 14.8. The molecule has 0 saturated heterocycles. The summed E-state index contributed by atoms with van der Waals surface area (Å²) in [6.45, 7) is 4.00. The first-order chi connectivity index (χ1) is 9.00. The van der Waals surface area contributed by atoms with Crippen molar-refractivity contribution in [2.75, 3.05) is 14.1 Å². The summed E-state index contributed by atoms with van der Waals surface area (Å²) in [7, 11) is 3.35. The SMILES string of the molecule is CC.CN(C1CCCCC1)C1CC(O)C1.CN(N)F.